The van der Waals surface area contributed by atoms with Crippen LogP contribution in [0.1, 0.15) is 24.7 Å². The van der Waals surface area contributed by atoms with E-state index < -0.39 is 0 Å². The highest BCUT2D eigenvalue weighted by Gasteiger charge is 2.12. The van der Waals surface area contributed by atoms with Crippen LogP contribution in [0.3, 0.4) is 0 Å². The molecule has 5 nitrogen and oxygen atoms in total. The van der Waals surface area contributed by atoms with Crippen molar-refractivity contribution >= 4 is 27.9 Å². The standard InChI is InChI=1S/C21H19N5/c1-3-4-5-6-7-14-8-9-17-15(10-14)11-18(25-17)16-12-19(22)26-21-20(16)23-13(2)24-21/h3-4,8-12,25H,5H2,1-2H3,(H3,22,23,24,26)/b4-3-. The summed E-state index contributed by atoms with van der Waals surface area (Å²) in [6, 6.07) is 10.2. The number of rotatable bonds is 2. The second-order valence-corrected chi connectivity index (χ2v) is 6.18. The van der Waals surface area contributed by atoms with Crippen LogP contribution >= 0.6 is 0 Å². The van der Waals surface area contributed by atoms with E-state index in [2.05, 4.69) is 50.0 Å². The van der Waals surface area contributed by atoms with Crippen molar-refractivity contribution in [2.75, 3.05) is 5.73 Å². The van der Waals surface area contributed by atoms with Gasteiger partial charge in [0.2, 0.25) is 0 Å². The fourth-order valence-electron chi connectivity index (χ4n) is 3.02. The number of fused-ring (bicyclic) bond motifs is 2. The van der Waals surface area contributed by atoms with Crippen LogP contribution in [0.25, 0.3) is 33.3 Å². The van der Waals surface area contributed by atoms with Gasteiger partial charge in [0.05, 0.1) is 5.52 Å². The Hall–Kier alpha value is -3.52. The molecular formula is C21H19N5. The lowest BCUT2D eigenvalue weighted by molar-refractivity contribution is 1.16. The molecule has 26 heavy (non-hydrogen) atoms. The minimum Gasteiger partial charge on any atom is -0.384 e. The van der Waals surface area contributed by atoms with Crippen molar-refractivity contribution in [1.82, 2.24) is 19.9 Å². The molecule has 128 valence electrons. The SMILES string of the molecule is C/C=C\CC#Cc1ccc2[nH]c(-c3cc(N)nc4nc(C)[nH]c34)cc2c1. The number of nitrogen functional groups attached to an aromatic ring is 1. The van der Waals surface area contributed by atoms with Gasteiger partial charge < -0.3 is 15.7 Å². The summed E-state index contributed by atoms with van der Waals surface area (Å²) in [7, 11) is 0. The van der Waals surface area contributed by atoms with Crippen LogP contribution in [0.15, 0.2) is 42.5 Å². The highest BCUT2D eigenvalue weighted by Crippen LogP contribution is 2.30. The number of hydrogen-bond donors (Lipinski definition) is 3. The van der Waals surface area contributed by atoms with Gasteiger partial charge in [-0.3, -0.25) is 0 Å². The van der Waals surface area contributed by atoms with Crippen molar-refractivity contribution in [2.24, 2.45) is 0 Å². The zero-order chi connectivity index (χ0) is 18.1. The maximum absolute atomic E-state index is 5.97. The molecule has 0 aliphatic carbocycles. The second-order valence-electron chi connectivity index (χ2n) is 6.18. The quantitative estimate of drug-likeness (QED) is 0.375. The Labute approximate surface area is 151 Å². The molecule has 3 heterocycles. The smallest absolute Gasteiger partial charge is 0.180 e. The fourth-order valence-corrected chi connectivity index (χ4v) is 3.02. The van der Waals surface area contributed by atoms with Gasteiger partial charge >= 0.3 is 0 Å². The third kappa shape index (κ3) is 2.93. The monoisotopic (exact) mass is 341 g/mol. The lowest BCUT2D eigenvalue weighted by atomic mass is 10.1. The number of benzene rings is 1. The summed E-state index contributed by atoms with van der Waals surface area (Å²) in [5, 5.41) is 1.11. The molecule has 0 radical (unpaired) electrons. The predicted molar refractivity (Wildman–Crippen MR) is 107 cm³/mol. The van der Waals surface area contributed by atoms with E-state index in [-0.39, 0.29) is 0 Å². The first kappa shape index (κ1) is 16.0. The molecule has 5 heteroatoms. The third-order valence-electron chi connectivity index (χ3n) is 4.20. The lowest BCUT2D eigenvalue weighted by Crippen LogP contribution is -1.92. The van der Waals surface area contributed by atoms with Gasteiger partial charge in [-0.1, -0.05) is 24.0 Å². The Morgan fingerprint density at radius 3 is 2.88 bits per heavy atom. The number of nitrogens with one attached hydrogen (secondary N) is 2. The number of aryl methyl sites for hydroxylation is 1. The largest absolute Gasteiger partial charge is 0.384 e. The van der Waals surface area contributed by atoms with Crippen molar-refractivity contribution in [3.05, 3.63) is 53.9 Å². The molecule has 4 aromatic rings. The number of nitrogens with two attached hydrogens (primary N) is 1. The number of nitrogens with zero attached hydrogens (tertiary/aromatic N) is 2. The molecule has 1 aromatic carbocycles. The first-order valence-electron chi connectivity index (χ1n) is 8.50. The molecule has 0 amide bonds. The fraction of sp³-hybridized carbons (Fsp3) is 0.143. The normalized spacial score (nSPS) is 11.3. The average molecular weight is 341 g/mol. The van der Waals surface area contributed by atoms with Gasteiger partial charge in [-0.2, -0.15) is 0 Å². The predicted octanol–water partition coefficient (Wildman–Crippen LogP) is 4.31. The number of hydrogen-bond acceptors (Lipinski definition) is 3. The van der Waals surface area contributed by atoms with E-state index in [0.29, 0.717) is 11.5 Å². The zero-order valence-corrected chi connectivity index (χ0v) is 14.7. The number of aromatic amines is 2. The van der Waals surface area contributed by atoms with Crippen molar-refractivity contribution in [2.45, 2.75) is 20.3 Å². The Bertz CT molecular complexity index is 1200. The number of anilines is 1. The van der Waals surface area contributed by atoms with Gasteiger partial charge in [-0.15, -0.1) is 0 Å². The summed E-state index contributed by atoms with van der Waals surface area (Å²) in [5.41, 5.74) is 11.5. The van der Waals surface area contributed by atoms with Crippen LogP contribution in [-0.2, 0) is 0 Å². The molecular weight excluding hydrogens is 322 g/mol. The van der Waals surface area contributed by atoms with E-state index in [4.69, 9.17) is 5.73 Å². The molecule has 0 aliphatic heterocycles. The van der Waals surface area contributed by atoms with E-state index in [0.717, 1.165) is 45.5 Å². The van der Waals surface area contributed by atoms with Crippen molar-refractivity contribution < 1.29 is 0 Å². The summed E-state index contributed by atoms with van der Waals surface area (Å²) in [4.78, 5) is 15.4. The number of allylic oxidation sites excluding steroid dienone is 2. The van der Waals surface area contributed by atoms with Gasteiger partial charge in [0.1, 0.15) is 11.6 Å². The number of pyridine rings is 1. The molecule has 0 bridgehead atoms. The van der Waals surface area contributed by atoms with E-state index in [1.54, 1.807) is 0 Å². The van der Waals surface area contributed by atoms with Gasteiger partial charge in [0, 0.05) is 34.1 Å². The molecule has 0 atom stereocenters. The van der Waals surface area contributed by atoms with Crippen LogP contribution in [0, 0.1) is 18.8 Å². The Balaban J connectivity index is 1.79. The highest BCUT2D eigenvalue weighted by molar-refractivity contribution is 5.95. The Morgan fingerprint density at radius 2 is 2.04 bits per heavy atom. The molecule has 0 aliphatic rings. The van der Waals surface area contributed by atoms with Crippen LogP contribution in [0.5, 0.6) is 0 Å². The zero-order valence-electron chi connectivity index (χ0n) is 14.7. The van der Waals surface area contributed by atoms with E-state index in [1.165, 1.54) is 0 Å². The molecule has 0 saturated carbocycles. The molecule has 0 unspecified atom stereocenters. The molecule has 0 saturated heterocycles. The minimum absolute atomic E-state index is 0.452. The second kappa shape index (κ2) is 6.41. The maximum atomic E-state index is 5.97. The summed E-state index contributed by atoms with van der Waals surface area (Å²) in [5.74, 6) is 7.62. The van der Waals surface area contributed by atoms with E-state index in [1.807, 2.05) is 38.1 Å². The number of aromatic nitrogens is 4. The van der Waals surface area contributed by atoms with Crippen LogP contribution in [-0.4, -0.2) is 19.9 Å². The minimum atomic E-state index is 0.452. The summed E-state index contributed by atoms with van der Waals surface area (Å²) >= 11 is 0. The van der Waals surface area contributed by atoms with Crippen molar-refractivity contribution in [3.63, 3.8) is 0 Å². The Morgan fingerprint density at radius 1 is 1.15 bits per heavy atom. The van der Waals surface area contributed by atoms with Gasteiger partial charge in [-0.05, 0) is 44.2 Å². The molecule has 3 aromatic heterocycles. The van der Waals surface area contributed by atoms with Gasteiger partial charge in [0.15, 0.2) is 5.65 Å². The molecule has 4 N–H and O–H groups in total. The van der Waals surface area contributed by atoms with Crippen LogP contribution in [0.2, 0.25) is 0 Å². The van der Waals surface area contributed by atoms with Gasteiger partial charge in [0.25, 0.3) is 0 Å². The maximum Gasteiger partial charge on any atom is 0.180 e. The Kier molecular flexibility index (Phi) is 3.94. The van der Waals surface area contributed by atoms with Crippen LogP contribution in [0.4, 0.5) is 5.82 Å². The molecule has 0 spiro atoms. The summed E-state index contributed by atoms with van der Waals surface area (Å²) in [6.45, 7) is 3.91. The summed E-state index contributed by atoms with van der Waals surface area (Å²) in [6.07, 6.45) is 4.82. The highest BCUT2D eigenvalue weighted by atomic mass is 15.0. The van der Waals surface area contributed by atoms with Crippen molar-refractivity contribution in [3.8, 4) is 23.1 Å². The van der Waals surface area contributed by atoms with E-state index >= 15 is 0 Å². The molecule has 0 fully saturated rings. The number of H-pyrrole nitrogens is 2. The van der Waals surface area contributed by atoms with Crippen molar-refractivity contribution in [1.29, 1.82) is 0 Å². The van der Waals surface area contributed by atoms with Crippen LogP contribution < -0.4 is 5.73 Å². The number of imidazole rings is 1. The van der Waals surface area contributed by atoms with E-state index in [9.17, 15) is 0 Å². The first-order chi connectivity index (χ1) is 12.6. The summed E-state index contributed by atoms with van der Waals surface area (Å²) < 4.78 is 0. The topological polar surface area (TPSA) is 83.4 Å². The lowest BCUT2D eigenvalue weighted by Gasteiger charge is -2.01. The van der Waals surface area contributed by atoms with Gasteiger partial charge in [-0.25, -0.2) is 9.97 Å². The first-order valence-corrected chi connectivity index (χ1v) is 8.50. The molecule has 4 rings (SSSR count). The third-order valence-corrected chi connectivity index (χ3v) is 4.20. The average Bonchev–Trinajstić information content (AvgIpc) is 3.20.